The van der Waals surface area contributed by atoms with Crippen LogP contribution in [-0.4, -0.2) is 20.9 Å². The van der Waals surface area contributed by atoms with Crippen molar-refractivity contribution >= 4 is 28.3 Å². The van der Waals surface area contributed by atoms with E-state index in [1.54, 1.807) is 13.0 Å². The van der Waals surface area contributed by atoms with Crippen LogP contribution in [0.4, 0.5) is 0 Å². The highest BCUT2D eigenvalue weighted by Gasteiger charge is 2.17. The van der Waals surface area contributed by atoms with Gasteiger partial charge < -0.3 is 9.73 Å². The minimum atomic E-state index is -1.39. The third kappa shape index (κ3) is 5.09. The Morgan fingerprint density at radius 3 is 2.61 bits per heavy atom. The van der Waals surface area contributed by atoms with Crippen molar-refractivity contribution in [2.45, 2.75) is 26.1 Å². The van der Waals surface area contributed by atoms with Crippen LogP contribution in [0, 0.1) is 13.8 Å². The van der Waals surface area contributed by atoms with Gasteiger partial charge in [-0.15, -0.1) is 0 Å². The van der Waals surface area contributed by atoms with E-state index in [-0.39, 0.29) is 17.4 Å². The second-order valence-electron chi connectivity index (χ2n) is 6.43. The first-order valence-corrected chi connectivity index (χ1v) is 10.7. The lowest BCUT2D eigenvalue weighted by Gasteiger charge is -2.06. The maximum absolute atomic E-state index is 12.4. The molecule has 0 fully saturated rings. The number of nitrogens with zero attached hydrogens (tertiary/aromatic N) is 1. The summed E-state index contributed by atoms with van der Waals surface area (Å²) in [6.07, 6.45) is 0. The topological polar surface area (TPSA) is 72.2 Å². The molecule has 0 bridgehead atoms. The van der Waals surface area contributed by atoms with Crippen molar-refractivity contribution in [1.82, 2.24) is 10.3 Å². The molecule has 1 N–H and O–H groups in total. The van der Waals surface area contributed by atoms with Gasteiger partial charge in [0.15, 0.2) is 0 Å². The van der Waals surface area contributed by atoms with Gasteiger partial charge >= 0.3 is 0 Å². The molecule has 0 saturated carbocycles. The summed E-state index contributed by atoms with van der Waals surface area (Å²) in [4.78, 5) is 16.6. The van der Waals surface area contributed by atoms with Gasteiger partial charge in [0.1, 0.15) is 11.5 Å². The van der Waals surface area contributed by atoms with Gasteiger partial charge in [-0.2, -0.15) is 0 Å². The molecule has 3 aromatic rings. The van der Waals surface area contributed by atoms with Crippen LogP contribution in [0.15, 0.2) is 52.9 Å². The molecular weight excluding hydrogens is 396 g/mol. The van der Waals surface area contributed by atoms with Crippen LogP contribution < -0.4 is 5.32 Å². The Labute approximate surface area is 171 Å². The lowest BCUT2D eigenvalue weighted by molar-refractivity contribution is -0.118. The molecule has 0 saturated heterocycles. The molecule has 1 atom stereocenters. The third-order valence-electron chi connectivity index (χ3n) is 4.29. The second-order valence-corrected chi connectivity index (χ2v) is 8.30. The zero-order chi connectivity index (χ0) is 20.1. The van der Waals surface area contributed by atoms with Crippen molar-refractivity contribution in [2.75, 3.05) is 5.75 Å². The lowest BCUT2D eigenvalue weighted by atomic mass is 10.1. The average Bonchev–Trinajstić information content (AvgIpc) is 3.01. The number of hydrogen-bond acceptors (Lipinski definition) is 4. The van der Waals surface area contributed by atoms with E-state index in [1.807, 2.05) is 49.4 Å². The maximum atomic E-state index is 12.4. The Bertz CT molecular complexity index is 1020. The van der Waals surface area contributed by atoms with Gasteiger partial charge in [0.2, 0.25) is 11.8 Å². The molecule has 1 amide bonds. The van der Waals surface area contributed by atoms with E-state index in [4.69, 9.17) is 16.0 Å². The Kier molecular flexibility index (Phi) is 6.65. The molecule has 0 unspecified atom stereocenters. The molecule has 5 nitrogen and oxygen atoms in total. The van der Waals surface area contributed by atoms with Crippen LogP contribution in [0.1, 0.15) is 22.6 Å². The van der Waals surface area contributed by atoms with E-state index in [0.717, 1.165) is 16.7 Å². The second kappa shape index (κ2) is 9.17. The van der Waals surface area contributed by atoms with Crippen LogP contribution in [0.2, 0.25) is 5.02 Å². The fourth-order valence-corrected chi connectivity index (χ4v) is 4.00. The van der Waals surface area contributed by atoms with E-state index in [9.17, 15) is 9.00 Å². The first kappa shape index (κ1) is 20.3. The maximum Gasteiger partial charge on any atom is 0.232 e. The van der Waals surface area contributed by atoms with E-state index >= 15 is 0 Å². The van der Waals surface area contributed by atoms with Crippen LogP contribution in [0.25, 0.3) is 11.5 Å². The van der Waals surface area contributed by atoms with E-state index in [1.165, 1.54) is 0 Å². The fraction of sp³-hybridized carbons (Fsp3) is 0.238. The smallest absolute Gasteiger partial charge is 0.232 e. The minimum absolute atomic E-state index is 0.101. The number of halogens is 1. The number of benzene rings is 2. The molecule has 1 heterocycles. The quantitative estimate of drug-likeness (QED) is 0.627. The summed E-state index contributed by atoms with van der Waals surface area (Å²) in [6, 6.07) is 15.1. The molecule has 0 spiro atoms. The van der Waals surface area contributed by atoms with E-state index in [2.05, 4.69) is 10.3 Å². The van der Waals surface area contributed by atoms with Crippen LogP contribution in [0.3, 0.4) is 0 Å². The molecule has 146 valence electrons. The lowest BCUT2D eigenvalue weighted by Crippen LogP contribution is -2.28. The Balaban J connectivity index is 1.58. The van der Waals surface area contributed by atoms with Crippen molar-refractivity contribution < 1.29 is 13.4 Å². The molecular formula is C21H21ClN2O3S. The van der Waals surface area contributed by atoms with E-state index < -0.39 is 10.8 Å². The van der Waals surface area contributed by atoms with Crippen molar-refractivity contribution in [1.29, 1.82) is 0 Å². The van der Waals surface area contributed by atoms with E-state index in [0.29, 0.717) is 28.9 Å². The summed E-state index contributed by atoms with van der Waals surface area (Å²) in [5.41, 5.74) is 3.38. The number of carbonyl (C=O) groups excluding carboxylic acids is 1. The number of amides is 1. The molecule has 2 aromatic carbocycles. The zero-order valence-electron chi connectivity index (χ0n) is 15.7. The first-order valence-electron chi connectivity index (χ1n) is 8.81. The minimum Gasteiger partial charge on any atom is -0.441 e. The van der Waals surface area contributed by atoms with Gasteiger partial charge in [0.05, 0.1) is 11.4 Å². The van der Waals surface area contributed by atoms with Gasteiger partial charge in [-0.05, 0) is 37.1 Å². The van der Waals surface area contributed by atoms with Crippen molar-refractivity contribution in [3.8, 4) is 11.5 Å². The SMILES string of the molecule is Cc1ccccc1-c1nc(C[S@](=O)CC(=O)NCc2ccccc2Cl)c(C)o1. The average molecular weight is 417 g/mol. The normalized spacial score (nSPS) is 12.0. The number of nitrogens with one attached hydrogen (secondary N) is 1. The summed E-state index contributed by atoms with van der Waals surface area (Å²) < 4.78 is 18.2. The van der Waals surface area contributed by atoms with Crippen LogP contribution in [-0.2, 0) is 27.9 Å². The molecule has 0 aliphatic carbocycles. The summed E-state index contributed by atoms with van der Waals surface area (Å²) in [5.74, 6) is 0.893. The van der Waals surface area contributed by atoms with Gasteiger partial charge in [-0.1, -0.05) is 48.0 Å². The highest BCUT2D eigenvalue weighted by molar-refractivity contribution is 7.84. The molecule has 28 heavy (non-hydrogen) atoms. The van der Waals surface area contributed by atoms with Gasteiger partial charge in [0.25, 0.3) is 0 Å². The van der Waals surface area contributed by atoms with Crippen LogP contribution >= 0.6 is 11.6 Å². The Morgan fingerprint density at radius 2 is 1.86 bits per heavy atom. The monoisotopic (exact) mass is 416 g/mol. The number of aromatic nitrogens is 1. The number of hydrogen-bond donors (Lipinski definition) is 1. The first-order chi connectivity index (χ1) is 13.4. The van der Waals surface area contributed by atoms with Crippen molar-refractivity contribution in [3.05, 3.63) is 76.1 Å². The van der Waals surface area contributed by atoms with Crippen molar-refractivity contribution in [3.63, 3.8) is 0 Å². The van der Waals surface area contributed by atoms with Gasteiger partial charge in [-0.3, -0.25) is 9.00 Å². The standard InChI is InChI=1S/C21H21ClN2O3S/c1-14-7-3-5-9-17(14)21-24-19(15(2)27-21)12-28(26)13-20(25)23-11-16-8-4-6-10-18(16)22/h3-10H,11-13H2,1-2H3,(H,23,25)/t28-/m0/s1. The third-order valence-corrected chi connectivity index (χ3v) is 5.84. The zero-order valence-corrected chi connectivity index (χ0v) is 17.3. The predicted octanol–water partition coefficient (Wildman–Crippen LogP) is 4.18. The number of oxazole rings is 1. The number of aryl methyl sites for hydroxylation is 2. The molecule has 0 aliphatic heterocycles. The predicted molar refractivity (Wildman–Crippen MR) is 111 cm³/mol. The molecule has 0 radical (unpaired) electrons. The number of rotatable bonds is 7. The molecule has 0 aliphatic rings. The summed E-state index contributed by atoms with van der Waals surface area (Å²) in [6.45, 7) is 4.07. The largest absolute Gasteiger partial charge is 0.441 e. The molecule has 7 heteroatoms. The van der Waals surface area contributed by atoms with Crippen molar-refractivity contribution in [2.24, 2.45) is 0 Å². The Morgan fingerprint density at radius 1 is 1.14 bits per heavy atom. The number of carbonyl (C=O) groups is 1. The summed E-state index contributed by atoms with van der Waals surface area (Å²) in [7, 11) is -1.39. The fourth-order valence-electron chi connectivity index (χ4n) is 2.73. The summed E-state index contributed by atoms with van der Waals surface area (Å²) in [5, 5.41) is 3.34. The Hall–Kier alpha value is -2.44. The summed E-state index contributed by atoms with van der Waals surface area (Å²) >= 11 is 6.07. The van der Waals surface area contributed by atoms with Gasteiger partial charge in [0, 0.05) is 27.9 Å². The highest BCUT2D eigenvalue weighted by Crippen LogP contribution is 2.25. The van der Waals surface area contributed by atoms with Crippen LogP contribution in [0.5, 0.6) is 0 Å². The highest BCUT2D eigenvalue weighted by atomic mass is 35.5. The van der Waals surface area contributed by atoms with Gasteiger partial charge in [-0.25, -0.2) is 4.98 Å². The molecule has 3 rings (SSSR count). The molecule has 1 aromatic heterocycles.